The molecule has 40 heavy (non-hydrogen) atoms. The first-order chi connectivity index (χ1) is 19.1. The van der Waals surface area contributed by atoms with Gasteiger partial charge in [-0.15, -0.1) is 0 Å². The summed E-state index contributed by atoms with van der Waals surface area (Å²) in [6.45, 7) is 4.81. The van der Waals surface area contributed by atoms with Gasteiger partial charge in [-0.25, -0.2) is 0 Å². The molecule has 1 amide bonds. The van der Waals surface area contributed by atoms with Crippen LogP contribution in [0.2, 0.25) is 0 Å². The Kier molecular flexibility index (Phi) is 10.8. The van der Waals surface area contributed by atoms with Crippen LogP contribution < -0.4 is 5.32 Å². The Morgan fingerprint density at radius 3 is 1.77 bits per heavy atom. The number of hydrogen-bond acceptors (Lipinski definition) is 10. The number of benzene rings is 2. The van der Waals surface area contributed by atoms with Crippen LogP contribution in [-0.2, 0) is 54.3 Å². The smallest absolute Gasteiger partial charge is 0.303 e. The van der Waals surface area contributed by atoms with E-state index in [1.807, 2.05) is 30.3 Å². The molecule has 3 rings (SSSR count). The lowest BCUT2D eigenvalue weighted by atomic mass is 10.0. The zero-order valence-corrected chi connectivity index (χ0v) is 22.7. The summed E-state index contributed by atoms with van der Waals surface area (Å²) in [6, 6.07) is 16.6. The van der Waals surface area contributed by atoms with Crippen molar-refractivity contribution in [3.8, 4) is 0 Å². The number of nitrogens with one attached hydrogen (secondary N) is 1. The molecule has 0 aliphatic heterocycles. The van der Waals surface area contributed by atoms with Crippen molar-refractivity contribution in [1.29, 1.82) is 0 Å². The minimum atomic E-state index is -1.33. The van der Waals surface area contributed by atoms with E-state index in [1.54, 1.807) is 30.3 Å². The van der Waals surface area contributed by atoms with E-state index >= 15 is 0 Å². The second-order valence-corrected chi connectivity index (χ2v) is 9.32. The molecule has 6 atom stereocenters. The molecule has 0 unspecified atom stereocenters. The molecular formula is C29H33NO10. The monoisotopic (exact) mass is 555 g/mol. The summed E-state index contributed by atoms with van der Waals surface area (Å²) >= 11 is 0. The predicted molar refractivity (Wildman–Crippen MR) is 139 cm³/mol. The average Bonchev–Trinajstić information content (AvgIpc) is 3.13. The van der Waals surface area contributed by atoms with Gasteiger partial charge in [0.25, 0.3) is 5.91 Å². The summed E-state index contributed by atoms with van der Waals surface area (Å²) in [5, 5.41) is 2.79. The third-order valence-electron chi connectivity index (χ3n) is 6.15. The van der Waals surface area contributed by atoms with Crippen LogP contribution in [0.25, 0.3) is 0 Å². The molecule has 0 saturated heterocycles. The van der Waals surface area contributed by atoms with Crippen molar-refractivity contribution >= 4 is 29.8 Å². The summed E-state index contributed by atoms with van der Waals surface area (Å²) in [5.41, 5.74) is 1.28. The van der Waals surface area contributed by atoms with Crippen molar-refractivity contribution in [2.24, 2.45) is 5.92 Å². The standard InChI is InChI=1S/C29H33NO10/c1-17(31)37-25(22-13-9-6-10-14-22)29(35)30-24-23(16-36-15-21-11-7-5-8-12-21)26(38-18(2)32)28(40-20(4)34)27(24)39-19(3)33/h5-14,23-28H,15-16H2,1-4H3,(H,30,35)/t23-,24-,25-,26+,27+,28+/m0/s1. The molecular weight excluding hydrogens is 522 g/mol. The highest BCUT2D eigenvalue weighted by atomic mass is 16.6. The Balaban J connectivity index is 1.98. The Morgan fingerprint density at radius 2 is 1.23 bits per heavy atom. The fourth-order valence-electron chi connectivity index (χ4n) is 4.67. The highest BCUT2D eigenvalue weighted by Crippen LogP contribution is 2.36. The zero-order valence-electron chi connectivity index (χ0n) is 22.7. The second kappa shape index (κ2) is 14.2. The molecule has 1 aliphatic carbocycles. The van der Waals surface area contributed by atoms with E-state index < -0.39 is 66.2 Å². The van der Waals surface area contributed by atoms with E-state index in [1.165, 1.54) is 13.8 Å². The summed E-state index contributed by atoms with van der Waals surface area (Å²) in [7, 11) is 0. The largest absolute Gasteiger partial charge is 0.458 e. The second-order valence-electron chi connectivity index (χ2n) is 9.32. The first-order valence-electron chi connectivity index (χ1n) is 12.7. The van der Waals surface area contributed by atoms with Crippen molar-refractivity contribution in [2.75, 3.05) is 6.61 Å². The molecule has 1 N–H and O–H groups in total. The quantitative estimate of drug-likeness (QED) is 0.324. The molecule has 0 spiro atoms. The lowest BCUT2D eigenvalue weighted by Gasteiger charge is -2.28. The van der Waals surface area contributed by atoms with Crippen LogP contribution in [0.3, 0.4) is 0 Å². The van der Waals surface area contributed by atoms with Gasteiger partial charge in [-0.05, 0) is 5.56 Å². The van der Waals surface area contributed by atoms with Gasteiger partial charge in [0.15, 0.2) is 12.2 Å². The molecule has 11 heteroatoms. The first-order valence-corrected chi connectivity index (χ1v) is 12.7. The third kappa shape index (κ3) is 8.37. The predicted octanol–water partition coefficient (Wildman–Crippen LogP) is 2.42. The third-order valence-corrected chi connectivity index (χ3v) is 6.15. The van der Waals surface area contributed by atoms with Gasteiger partial charge in [0.05, 0.1) is 19.3 Å². The van der Waals surface area contributed by atoms with Crippen LogP contribution in [0.15, 0.2) is 60.7 Å². The molecule has 1 saturated carbocycles. The molecule has 1 aliphatic rings. The Hall–Kier alpha value is -4.25. The molecule has 2 aromatic rings. The number of carbonyl (C=O) groups excluding carboxylic acids is 5. The van der Waals surface area contributed by atoms with Crippen LogP contribution >= 0.6 is 0 Å². The molecule has 0 heterocycles. The molecule has 2 aromatic carbocycles. The van der Waals surface area contributed by atoms with E-state index in [4.69, 9.17) is 23.7 Å². The Morgan fingerprint density at radius 1 is 0.700 bits per heavy atom. The highest BCUT2D eigenvalue weighted by molar-refractivity contribution is 5.85. The van der Waals surface area contributed by atoms with Crippen LogP contribution in [-0.4, -0.2) is 60.7 Å². The summed E-state index contributed by atoms with van der Waals surface area (Å²) in [6.07, 6.45) is -4.95. The van der Waals surface area contributed by atoms with Gasteiger partial charge >= 0.3 is 23.9 Å². The Bertz CT molecular complexity index is 1190. The fourth-order valence-corrected chi connectivity index (χ4v) is 4.67. The van der Waals surface area contributed by atoms with Gasteiger partial charge in [0.1, 0.15) is 6.10 Å². The first kappa shape index (κ1) is 30.3. The minimum absolute atomic E-state index is 0.0725. The van der Waals surface area contributed by atoms with Gasteiger partial charge in [0, 0.05) is 39.2 Å². The molecule has 0 radical (unpaired) electrons. The zero-order chi connectivity index (χ0) is 29.2. The van der Waals surface area contributed by atoms with E-state index in [0.717, 1.165) is 19.4 Å². The Labute approximate surface area is 232 Å². The van der Waals surface area contributed by atoms with E-state index in [2.05, 4.69) is 5.32 Å². The molecule has 11 nitrogen and oxygen atoms in total. The van der Waals surface area contributed by atoms with Gasteiger partial charge in [-0.2, -0.15) is 0 Å². The van der Waals surface area contributed by atoms with Crippen LogP contribution in [0.4, 0.5) is 0 Å². The summed E-state index contributed by atoms with van der Waals surface area (Å²) in [5.74, 6) is -4.33. The normalized spacial score (nSPS) is 22.4. The average molecular weight is 556 g/mol. The molecule has 214 valence electrons. The number of esters is 4. The SMILES string of the molecule is CC(=O)O[C@@H]1[C@H](OC(C)=O)[C@@H](COCc2ccccc2)[C@H](NC(=O)[C@@H](OC(C)=O)c2ccccc2)[C@H]1OC(C)=O. The molecule has 0 aromatic heterocycles. The highest BCUT2D eigenvalue weighted by Gasteiger charge is 2.57. The van der Waals surface area contributed by atoms with Crippen LogP contribution in [0, 0.1) is 5.92 Å². The number of hydrogen-bond donors (Lipinski definition) is 1. The maximum absolute atomic E-state index is 13.6. The topological polar surface area (TPSA) is 144 Å². The van der Waals surface area contributed by atoms with Gasteiger partial charge in [0.2, 0.25) is 6.10 Å². The molecule has 0 bridgehead atoms. The summed E-state index contributed by atoms with van der Waals surface area (Å²) < 4.78 is 27.8. The number of carbonyl (C=O) groups is 5. The lowest BCUT2D eigenvalue weighted by molar-refractivity contribution is -0.176. The number of ether oxygens (including phenoxy) is 5. The minimum Gasteiger partial charge on any atom is -0.458 e. The number of amides is 1. The maximum atomic E-state index is 13.6. The van der Waals surface area contributed by atoms with E-state index in [0.29, 0.717) is 5.56 Å². The summed E-state index contributed by atoms with van der Waals surface area (Å²) in [4.78, 5) is 61.7. The van der Waals surface area contributed by atoms with Crippen LogP contribution in [0.5, 0.6) is 0 Å². The maximum Gasteiger partial charge on any atom is 0.303 e. The lowest BCUT2D eigenvalue weighted by Crippen LogP contribution is -2.50. The fraction of sp³-hybridized carbons (Fsp3) is 0.414. The molecule has 1 fully saturated rings. The van der Waals surface area contributed by atoms with E-state index in [9.17, 15) is 24.0 Å². The van der Waals surface area contributed by atoms with E-state index in [-0.39, 0.29) is 13.2 Å². The van der Waals surface area contributed by atoms with Crippen molar-refractivity contribution in [2.45, 2.75) is 64.8 Å². The van der Waals surface area contributed by atoms with Crippen molar-refractivity contribution in [3.63, 3.8) is 0 Å². The van der Waals surface area contributed by atoms with Gasteiger partial charge < -0.3 is 29.0 Å². The van der Waals surface area contributed by atoms with Gasteiger partial charge in [-0.1, -0.05) is 60.7 Å². The van der Waals surface area contributed by atoms with Gasteiger partial charge in [-0.3, -0.25) is 24.0 Å². The van der Waals surface area contributed by atoms with Crippen molar-refractivity contribution < 1.29 is 47.7 Å². The number of rotatable bonds is 11. The van der Waals surface area contributed by atoms with Crippen molar-refractivity contribution in [1.82, 2.24) is 5.32 Å². The van der Waals surface area contributed by atoms with Crippen molar-refractivity contribution in [3.05, 3.63) is 71.8 Å². The van der Waals surface area contributed by atoms with Crippen LogP contribution in [0.1, 0.15) is 44.9 Å².